The predicted molar refractivity (Wildman–Crippen MR) is 106 cm³/mol. The van der Waals surface area contributed by atoms with Crippen LogP contribution in [0.1, 0.15) is 18.9 Å². The number of nitrogens with zero attached hydrogens (tertiary/aromatic N) is 1. The zero-order chi connectivity index (χ0) is 22.3. The number of fused-ring (bicyclic) bond motifs is 1. The second-order valence-electron chi connectivity index (χ2n) is 7.40. The highest BCUT2D eigenvalue weighted by molar-refractivity contribution is 6.04. The van der Waals surface area contributed by atoms with E-state index in [1.54, 1.807) is 25.1 Å². The first-order valence-corrected chi connectivity index (χ1v) is 9.52. The van der Waals surface area contributed by atoms with Crippen molar-refractivity contribution in [2.45, 2.75) is 25.6 Å². The molecular formula is C21H18F3N3O4. The number of carbonyl (C=O) groups is 3. The lowest BCUT2D eigenvalue weighted by Gasteiger charge is -2.24. The van der Waals surface area contributed by atoms with Gasteiger partial charge in [0.1, 0.15) is 5.75 Å². The molecule has 4 rings (SSSR count). The number of rotatable bonds is 3. The van der Waals surface area contributed by atoms with Crippen LogP contribution in [0.2, 0.25) is 0 Å². The van der Waals surface area contributed by atoms with E-state index in [1.807, 2.05) is 0 Å². The first kappa shape index (κ1) is 20.7. The van der Waals surface area contributed by atoms with E-state index in [2.05, 4.69) is 10.6 Å². The van der Waals surface area contributed by atoms with Crippen LogP contribution in [0, 0.1) is 5.92 Å². The van der Waals surface area contributed by atoms with Crippen molar-refractivity contribution in [3.8, 4) is 5.75 Å². The normalized spacial score (nSPS) is 20.7. The third-order valence-electron chi connectivity index (χ3n) is 5.16. The molecule has 0 unspecified atom stereocenters. The fraction of sp³-hybridized carbons (Fsp3) is 0.286. The Bertz CT molecular complexity index is 1070. The number of nitrogens with one attached hydrogen (secondary N) is 2. The highest BCUT2D eigenvalue weighted by Crippen LogP contribution is 2.35. The van der Waals surface area contributed by atoms with Crippen molar-refractivity contribution in [3.63, 3.8) is 0 Å². The minimum Gasteiger partial charge on any atom is -0.479 e. The van der Waals surface area contributed by atoms with Crippen molar-refractivity contribution in [1.29, 1.82) is 0 Å². The van der Waals surface area contributed by atoms with E-state index in [9.17, 15) is 27.6 Å². The number of ether oxygens (including phenoxy) is 1. The molecule has 1 saturated heterocycles. The van der Waals surface area contributed by atoms with Crippen LogP contribution in [0.3, 0.4) is 0 Å². The summed E-state index contributed by atoms with van der Waals surface area (Å²) >= 11 is 0. The van der Waals surface area contributed by atoms with Crippen molar-refractivity contribution < 1.29 is 32.3 Å². The standard InChI is InChI=1S/C21H18F3N3O4/c1-11-19(29)26-16-9-14(5-6-17(16)31-11)25-20(30)12-7-18(28)27(10-12)15-4-2-3-13(8-15)21(22,23)24/h2-6,8-9,11-12H,7,10H2,1H3,(H,25,30)(H,26,29)/t11-,12-/m0/s1. The predicted octanol–water partition coefficient (Wildman–Crippen LogP) is 3.42. The van der Waals surface area contributed by atoms with Crippen LogP contribution in [0.4, 0.5) is 30.2 Å². The third kappa shape index (κ3) is 4.18. The maximum atomic E-state index is 13.0. The number of hydrogen-bond acceptors (Lipinski definition) is 4. The minimum atomic E-state index is -4.53. The zero-order valence-corrected chi connectivity index (χ0v) is 16.3. The molecule has 2 N–H and O–H groups in total. The molecule has 0 bridgehead atoms. The molecule has 2 aliphatic heterocycles. The highest BCUT2D eigenvalue weighted by atomic mass is 19.4. The number of carbonyl (C=O) groups excluding carboxylic acids is 3. The quantitative estimate of drug-likeness (QED) is 0.777. The topological polar surface area (TPSA) is 87.7 Å². The summed E-state index contributed by atoms with van der Waals surface area (Å²) in [5.41, 5.74) is 0.0393. The van der Waals surface area contributed by atoms with Gasteiger partial charge in [0.05, 0.1) is 17.2 Å². The van der Waals surface area contributed by atoms with Crippen LogP contribution in [0.15, 0.2) is 42.5 Å². The van der Waals surface area contributed by atoms with Crippen LogP contribution in [0.25, 0.3) is 0 Å². The molecule has 0 spiro atoms. The van der Waals surface area contributed by atoms with E-state index < -0.39 is 35.6 Å². The van der Waals surface area contributed by atoms with Gasteiger partial charge in [-0.1, -0.05) is 6.07 Å². The summed E-state index contributed by atoms with van der Waals surface area (Å²) in [5, 5.41) is 5.36. The van der Waals surface area contributed by atoms with E-state index in [0.717, 1.165) is 12.1 Å². The van der Waals surface area contributed by atoms with Crippen LogP contribution < -0.4 is 20.3 Å². The van der Waals surface area contributed by atoms with Crippen molar-refractivity contribution in [2.75, 3.05) is 22.1 Å². The van der Waals surface area contributed by atoms with Gasteiger partial charge in [-0.3, -0.25) is 14.4 Å². The lowest BCUT2D eigenvalue weighted by Crippen LogP contribution is -2.34. The van der Waals surface area contributed by atoms with Gasteiger partial charge in [-0.25, -0.2) is 0 Å². The molecule has 10 heteroatoms. The number of anilines is 3. The minimum absolute atomic E-state index is 0.0335. The van der Waals surface area contributed by atoms with E-state index in [1.165, 1.54) is 17.0 Å². The van der Waals surface area contributed by atoms with Crippen molar-refractivity contribution in [3.05, 3.63) is 48.0 Å². The fourth-order valence-electron chi connectivity index (χ4n) is 3.51. The Morgan fingerprint density at radius 2 is 1.97 bits per heavy atom. The van der Waals surface area contributed by atoms with Gasteiger partial charge >= 0.3 is 6.18 Å². The van der Waals surface area contributed by atoms with Crippen molar-refractivity contribution in [1.82, 2.24) is 0 Å². The average molecular weight is 433 g/mol. The molecule has 2 aromatic rings. The summed E-state index contributed by atoms with van der Waals surface area (Å²) in [5.74, 6) is -1.45. The monoisotopic (exact) mass is 433 g/mol. The Balaban J connectivity index is 1.46. The lowest BCUT2D eigenvalue weighted by atomic mass is 10.1. The summed E-state index contributed by atoms with van der Waals surface area (Å²) in [6, 6.07) is 9.19. The second kappa shape index (κ2) is 7.60. The highest BCUT2D eigenvalue weighted by Gasteiger charge is 2.37. The summed E-state index contributed by atoms with van der Waals surface area (Å²) in [4.78, 5) is 38.0. The number of hydrogen-bond donors (Lipinski definition) is 2. The summed E-state index contributed by atoms with van der Waals surface area (Å²) < 4.78 is 44.3. The molecular weight excluding hydrogens is 415 g/mol. The molecule has 3 amide bonds. The SMILES string of the molecule is C[C@@H]1Oc2ccc(NC(=O)[C@H]3CC(=O)N(c4cccc(C(F)(F)F)c4)C3)cc2NC1=O. The molecule has 0 radical (unpaired) electrons. The van der Waals surface area contributed by atoms with Gasteiger partial charge < -0.3 is 20.3 Å². The van der Waals surface area contributed by atoms with Gasteiger partial charge in [0.2, 0.25) is 11.8 Å². The molecule has 0 aliphatic carbocycles. The van der Waals surface area contributed by atoms with Crippen LogP contribution in [0.5, 0.6) is 5.75 Å². The Morgan fingerprint density at radius 3 is 2.71 bits per heavy atom. The van der Waals surface area contributed by atoms with Gasteiger partial charge in [0.15, 0.2) is 6.10 Å². The largest absolute Gasteiger partial charge is 0.479 e. The number of amides is 3. The van der Waals surface area contributed by atoms with E-state index in [0.29, 0.717) is 17.1 Å². The van der Waals surface area contributed by atoms with Gasteiger partial charge in [-0.05, 0) is 43.3 Å². The molecule has 31 heavy (non-hydrogen) atoms. The number of halogens is 3. The van der Waals surface area contributed by atoms with Crippen LogP contribution in [-0.4, -0.2) is 30.4 Å². The smallest absolute Gasteiger partial charge is 0.416 e. The molecule has 0 aromatic heterocycles. The van der Waals surface area contributed by atoms with Crippen molar-refractivity contribution in [2.24, 2.45) is 5.92 Å². The van der Waals surface area contributed by atoms with Gasteiger partial charge in [-0.2, -0.15) is 13.2 Å². The first-order chi connectivity index (χ1) is 14.6. The van der Waals surface area contributed by atoms with E-state index >= 15 is 0 Å². The average Bonchev–Trinajstić information content (AvgIpc) is 3.10. The molecule has 0 saturated carbocycles. The lowest BCUT2D eigenvalue weighted by molar-refractivity contribution is -0.137. The number of benzene rings is 2. The van der Waals surface area contributed by atoms with Crippen LogP contribution >= 0.6 is 0 Å². The summed E-state index contributed by atoms with van der Waals surface area (Å²) in [6.07, 6.45) is -5.28. The second-order valence-corrected chi connectivity index (χ2v) is 7.40. The molecule has 2 atom stereocenters. The maximum absolute atomic E-state index is 13.0. The molecule has 2 aromatic carbocycles. The zero-order valence-electron chi connectivity index (χ0n) is 16.3. The molecule has 2 heterocycles. The van der Waals surface area contributed by atoms with E-state index in [-0.39, 0.29) is 24.6 Å². The number of alkyl halides is 3. The van der Waals surface area contributed by atoms with E-state index in [4.69, 9.17) is 4.74 Å². The molecule has 2 aliphatic rings. The van der Waals surface area contributed by atoms with Gasteiger partial charge in [0, 0.05) is 24.3 Å². The maximum Gasteiger partial charge on any atom is 0.416 e. The third-order valence-corrected chi connectivity index (χ3v) is 5.16. The Hall–Kier alpha value is -3.56. The summed E-state index contributed by atoms with van der Waals surface area (Å²) in [6.45, 7) is 1.58. The van der Waals surface area contributed by atoms with Crippen LogP contribution in [-0.2, 0) is 20.6 Å². The Labute approximate surface area is 175 Å². The molecule has 162 valence electrons. The van der Waals surface area contributed by atoms with Gasteiger partial charge in [0.25, 0.3) is 5.91 Å². The Kier molecular flexibility index (Phi) is 5.08. The molecule has 7 nitrogen and oxygen atoms in total. The van der Waals surface area contributed by atoms with Gasteiger partial charge in [-0.15, -0.1) is 0 Å². The first-order valence-electron chi connectivity index (χ1n) is 9.52. The van der Waals surface area contributed by atoms with Crippen molar-refractivity contribution >= 4 is 34.8 Å². The Morgan fingerprint density at radius 1 is 1.19 bits per heavy atom. The molecule has 1 fully saturated rings. The fourth-order valence-corrected chi connectivity index (χ4v) is 3.51. The summed E-state index contributed by atoms with van der Waals surface area (Å²) in [7, 11) is 0.